The fraction of sp³-hybridized carbons (Fsp3) is 0.690. The fourth-order valence-electron chi connectivity index (χ4n) is 11.5. The Balaban J connectivity index is 0.00000129. The second-order valence-electron chi connectivity index (χ2n) is 27.4. The summed E-state index contributed by atoms with van der Waals surface area (Å²) in [6.45, 7) is 18.6. The Kier molecular flexibility index (Phi) is 41.4. The average molecular weight is 1750 g/mol. The molecule has 103 heavy (non-hydrogen) atoms. The van der Waals surface area contributed by atoms with E-state index in [2.05, 4.69) is 85.6 Å². The molecule has 2 amide bonds. The molecule has 2 atom stereocenters. The summed E-state index contributed by atoms with van der Waals surface area (Å²) in [6.07, 6.45) is 27.0. The topological polar surface area (TPSA) is 347 Å². The van der Waals surface area contributed by atoms with Crippen LogP contribution in [0.1, 0.15) is 233 Å². The molecular formula is C71H112Cl4I2N12O14. The minimum absolute atomic E-state index is 0. The Hall–Kier alpha value is -5.16. The van der Waals surface area contributed by atoms with Crippen molar-refractivity contribution in [1.82, 2.24) is 39.7 Å². The van der Waals surface area contributed by atoms with Crippen LogP contribution < -0.4 is 22.1 Å². The maximum Gasteiger partial charge on any atom is 0.413 e. The highest BCUT2D eigenvalue weighted by Crippen LogP contribution is 2.37. The van der Waals surface area contributed by atoms with Crippen LogP contribution in [0.5, 0.6) is 0 Å². The summed E-state index contributed by atoms with van der Waals surface area (Å²) in [5.74, 6) is 7.95. The van der Waals surface area contributed by atoms with Crippen LogP contribution in [0, 0.1) is 31.3 Å². The molecule has 0 unspecified atom stereocenters. The first-order valence-corrected chi connectivity index (χ1v) is 36.3. The number of hydrogen-bond donors (Lipinski definition) is 5. The van der Waals surface area contributed by atoms with Gasteiger partial charge in [-0.2, -0.15) is 9.97 Å². The molecule has 0 spiro atoms. The molecule has 26 nitrogen and oxygen atoms in total. The van der Waals surface area contributed by atoms with Gasteiger partial charge in [0.2, 0.25) is 15.9 Å². The summed E-state index contributed by atoms with van der Waals surface area (Å²) in [5, 5.41) is 15.9. The van der Waals surface area contributed by atoms with Crippen LogP contribution in [-0.2, 0) is 52.3 Å². The monoisotopic (exact) mass is 1750 g/mol. The van der Waals surface area contributed by atoms with Gasteiger partial charge in [-0.25, -0.2) is 39.1 Å². The summed E-state index contributed by atoms with van der Waals surface area (Å²) in [6, 6.07) is -0.900. The molecule has 582 valence electrons. The van der Waals surface area contributed by atoms with Crippen molar-refractivity contribution in [2.75, 3.05) is 45.2 Å². The number of aliphatic carboxylic acids is 1. The van der Waals surface area contributed by atoms with E-state index in [4.69, 9.17) is 97.8 Å². The van der Waals surface area contributed by atoms with Gasteiger partial charge in [0.25, 0.3) is 0 Å². The third-order valence-electron chi connectivity index (χ3n) is 16.7. The molecule has 3 aromatic rings. The van der Waals surface area contributed by atoms with E-state index in [1.165, 1.54) is 43.7 Å². The van der Waals surface area contributed by atoms with Crippen LogP contribution in [0.25, 0.3) is 0 Å². The molecule has 32 heteroatoms. The van der Waals surface area contributed by atoms with Crippen LogP contribution in [0.3, 0.4) is 0 Å². The van der Waals surface area contributed by atoms with Crippen LogP contribution in [0.4, 0.5) is 21.2 Å². The van der Waals surface area contributed by atoms with E-state index in [0.29, 0.717) is 54.6 Å². The highest BCUT2D eigenvalue weighted by molar-refractivity contribution is 14.1. The van der Waals surface area contributed by atoms with Gasteiger partial charge in [-0.3, -0.25) is 19.4 Å². The lowest BCUT2D eigenvalue weighted by molar-refractivity contribution is -0.148. The Morgan fingerprint density at radius 2 is 0.903 bits per heavy atom. The number of carbonyl (C=O) groups excluding carboxylic acids is 5. The highest BCUT2D eigenvalue weighted by Gasteiger charge is 2.48. The highest BCUT2D eigenvalue weighted by atomic mass is 127. The number of rotatable bonds is 8. The van der Waals surface area contributed by atoms with Gasteiger partial charge >= 0.3 is 36.1 Å². The number of carboxylic acid groups (broad SMARTS) is 1. The van der Waals surface area contributed by atoms with Crippen LogP contribution >= 0.6 is 91.6 Å². The van der Waals surface area contributed by atoms with Gasteiger partial charge in [-0.05, 0) is 201 Å². The van der Waals surface area contributed by atoms with Crippen molar-refractivity contribution < 1.29 is 67.0 Å². The molecular weight excluding hydrogens is 1640 g/mol. The second kappa shape index (κ2) is 43.6. The molecule has 6 fully saturated rings. The largest absolute Gasteiger partial charge is 0.480 e. The van der Waals surface area contributed by atoms with Gasteiger partial charge in [0.1, 0.15) is 73.7 Å². The lowest BCUT2D eigenvalue weighted by Crippen LogP contribution is -2.49. The van der Waals surface area contributed by atoms with E-state index in [0.717, 1.165) is 103 Å². The average Bonchev–Trinajstić information content (AvgIpc) is 1.73. The zero-order chi connectivity index (χ0) is 74.4. The molecule has 0 aromatic carbocycles. The summed E-state index contributed by atoms with van der Waals surface area (Å²) in [5.41, 5.74) is 5.95. The van der Waals surface area contributed by atoms with Gasteiger partial charge in [0, 0.05) is 18.6 Å². The maximum absolute atomic E-state index is 12.9. The molecule has 0 bridgehead atoms. The standard InChI is InChI=1S/C24H33ClN4O5.C12H15ClIN3O2.C12H19NO3.C8H15NO2.C7H13NO2.C4HCl2IN2.4CH4/c1-22(2,3)34-21(31)29-17(15-33-23(29,4)5)11-10-16-14-26-20(25)27-18(16)28-24(19(30)32-6)12-8-7-9-13-24;1-19-10(18)12(5-3-2-4-6-12)17-9-8(14)7-15-11(13)16-9;1-7-9-8-15-12(5,6)13(9)10(14)16-11(2,3)4;1-11-7(10)8(9)5-3-2-4-6-8;8-7(6(9)10)4-2-1-3-5-7;5-3-2(7)1-8-4(6)9-3;;;;/h14,17H,7-9,12-13,15H2,1-6H3,(H,26,27,28);7H,2-6H2,1H3,(H,15,16,17);1,9H,8H2,2-6H3;2-6,9H2,1H3;1-5,8H2,(H,9,10);1H;4*1H4/t17-;;9-;;;;;;;/m1.1......./s1. The SMILES string of the molecule is C.C.C.C.C#C[C@@H]1COC(C)(C)N1C(=O)OC(C)(C)C.COC(=O)C1(N)CCCCC1.COC(=O)C1(Nc2nc(Cl)ncc2C#C[C@@H]2COC(C)(C)N2C(=O)OC(C)(C)C)CCCCC1.COC(=O)C1(Nc2nc(Cl)ncc2I)CCCCC1.Clc1ncc(I)c(Cl)n1.NC1(C(=O)O)CCCCC1. The Morgan fingerprint density at radius 1 is 0.553 bits per heavy atom. The number of carbonyl (C=O) groups is 6. The van der Waals surface area contributed by atoms with Gasteiger partial charge < -0.3 is 60.4 Å². The zero-order valence-electron chi connectivity index (χ0n) is 58.8. The minimum Gasteiger partial charge on any atom is -0.480 e. The van der Waals surface area contributed by atoms with E-state index < -0.39 is 69.0 Å². The quantitative estimate of drug-likeness (QED) is 0.0349. The van der Waals surface area contributed by atoms with Crippen LogP contribution in [0.2, 0.25) is 21.0 Å². The molecule has 0 radical (unpaired) electrons. The molecule has 3 aromatic heterocycles. The van der Waals surface area contributed by atoms with Gasteiger partial charge in [-0.15, -0.1) is 6.42 Å². The molecule has 5 heterocycles. The van der Waals surface area contributed by atoms with Gasteiger partial charge in [0.05, 0.1) is 47.2 Å². The molecule has 9 rings (SSSR count). The summed E-state index contributed by atoms with van der Waals surface area (Å²) in [7, 11) is 4.19. The number of esters is 3. The van der Waals surface area contributed by atoms with Gasteiger partial charge in [-0.1, -0.05) is 136 Å². The van der Waals surface area contributed by atoms with Crippen molar-refractivity contribution in [3.63, 3.8) is 0 Å². The van der Waals surface area contributed by atoms with E-state index >= 15 is 0 Å². The molecule has 4 saturated carbocycles. The number of carboxylic acids is 1. The minimum atomic E-state index is -0.905. The van der Waals surface area contributed by atoms with Gasteiger partial charge in [0.15, 0.2) is 0 Å². The Bertz CT molecular complexity index is 3340. The molecule has 2 saturated heterocycles. The zero-order valence-corrected chi connectivity index (χ0v) is 66.1. The lowest BCUT2D eigenvalue weighted by Gasteiger charge is -2.35. The summed E-state index contributed by atoms with van der Waals surface area (Å²) >= 11 is 27.0. The smallest absolute Gasteiger partial charge is 0.413 e. The van der Waals surface area contributed by atoms with E-state index in [1.807, 2.05) is 43.4 Å². The number of nitrogens with two attached hydrogens (primary N) is 2. The molecule has 4 aliphatic carbocycles. The number of aromatic nitrogens is 6. The van der Waals surface area contributed by atoms with Crippen molar-refractivity contribution >= 4 is 139 Å². The fourth-order valence-corrected chi connectivity index (χ4v) is 12.7. The van der Waals surface area contributed by atoms with Crippen LogP contribution in [0.15, 0.2) is 18.6 Å². The summed E-state index contributed by atoms with van der Waals surface area (Å²) < 4.78 is 38.5. The number of nitrogens with one attached hydrogen (secondary N) is 2. The first-order chi connectivity index (χ1) is 46.1. The van der Waals surface area contributed by atoms with Crippen molar-refractivity contribution in [3.05, 3.63) is 52.3 Å². The third kappa shape index (κ3) is 29.8. The predicted molar refractivity (Wildman–Crippen MR) is 421 cm³/mol. The normalized spacial score (nSPS) is 19.7. The predicted octanol–water partition coefficient (Wildman–Crippen LogP) is 15.6. The Labute approximate surface area is 658 Å². The van der Waals surface area contributed by atoms with E-state index in [-0.39, 0.29) is 76.1 Å². The van der Waals surface area contributed by atoms with E-state index in [1.54, 1.807) is 60.9 Å². The van der Waals surface area contributed by atoms with E-state index in [9.17, 15) is 28.8 Å². The van der Waals surface area contributed by atoms with Crippen molar-refractivity contribution in [2.24, 2.45) is 11.5 Å². The first-order valence-electron chi connectivity index (χ1n) is 32.6. The third-order valence-corrected chi connectivity index (χ3v) is 19.4. The number of amides is 2. The van der Waals surface area contributed by atoms with Crippen molar-refractivity contribution in [3.8, 4) is 24.2 Å². The number of hydrogen-bond acceptors (Lipinski definition) is 23. The number of methoxy groups -OCH3 is 3. The molecule has 6 aliphatic rings. The lowest BCUT2D eigenvalue weighted by atomic mass is 9.81. The number of anilines is 2. The first kappa shape index (κ1) is 97.8. The Morgan fingerprint density at radius 3 is 1.27 bits per heavy atom. The van der Waals surface area contributed by atoms with Crippen LogP contribution in [-0.4, -0.2) is 172 Å². The second-order valence-corrected chi connectivity index (χ2v) is 31.1. The molecule has 2 aliphatic heterocycles. The molecule has 7 N–H and O–H groups in total. The summed E-state index contributed by atoms with van der Waals surface area (Å²) in [4.78, 5) is 98.1. The number of terminal acetylenes is 1. The van der Waals surface area contributed by atoms with Crippen molar-refractivity contribution in [2.45, 2.75) is 284 Å². The number of ether oxygens (including phenoxy) is 7. The number of nitrogens with zero attached hydrogens (tertiary/aromatic N) is 8. The maximum atomic E-state index is 12.9. The number of halogens is 6. The van der Waals surface area contributed by atoms with Crippen molar-refractivity contribution in [1.29, 1.82) is 0 Å².